The van der Waals surface area contributed by atoms with E-state index < -0.39 is 0 Å². The van der Waals surface area contributed by atoms with Crippen molar-refractivity contribution in [2.24, 2.45) is 0 Å². The summed E-state index contributed by atoms with van der Waals surface area (Å²) < 4.78 is 5.69. The molecule has 1 heteroatoms. The van der Waals surface area contributed by atoms with Crippen LogP contribution in [0.4, 0.5) is 0 Å². The van der Waals surface area contributed by atoms with Gasteiger partial charge in [0.25, 0.3) is 0 Å². The van der Waals surface area contributed by atoms with E-state index in [1.54, 1.807) is 0 Å². The highest BCUT2D eigenvalue weighted by Crippen LogP contribution is 2.48. The highest BCUT2D eigenvalue weighted by molar-refractivity contribution is 5.02. The van der Waals surface area contributed by atoms with E-state index in [2.05, 4.69) is 6.92 Å². The minimum atomic E-state index is 0.372. The van der Waals surface area contributed by atoms with Gasteiger partial charge in [-0.15, -0.1) is 0 Å². The van der Waals surface area contributed by atoms with Crippen molar-refractivity contribution in [3.8, 4) is 0 Å². The van der Waals surface area contributed by atoms with Crippen molar-refractivity contribution in [3.63, 3.8) is 0 Å². The van der Waals surface area contributed by atoms with E-state index in [0.717, 1.165) is 0 Å². The van der Waals surface area contributed by atoms with Crippen molar-refractivity contribution in [2.75, 3.05) is 0 Å². The van der Waals surface area contributed by atoms with Crippen molar-refractivity contribution >= 4 is 0 Å². The first-order valence-electron chi connectivity index (χ1n) is 4.55. The van der Waals surface area contributed by atoms with E-state index in [4.69, 9.17) is 4.74 Å². The third-order valence-corrected chi connectivity index (χ3v) is 3.07. The smallest absolute Gasteiger partial charge is 0.0945 e. The van der Waals surface area contributed by atoms with Crippen LogP contribution >= 0.6 is 0 Å². The summed E-state index contributed by atoms with van der Waals surface area (Å²) in [6.45, 7) is 2.26. The molecule has 0 amide bonds. The lowest BCUT2D eigenvalue weighted by atomic mass is 9.97. The van der Waals surface area contributed by atoms with Gasteiger partial charge in [-0.3, -0.25) is 0 Å². The molecular formula is C9H16O. The van der Waals surface area contributed by atoms with Gasteiger partial charge in [-0.05, 0) is 19.3 Å². The normalized spacial score (nSPS) is 45.9. The fraction of sp³-hybridized carbons (Fsp3) is 1.00. The molecule has 1 nitrogen and oxygen atoms in total. The van der Waals surface area contributed by atoms with Crippen LogP contribution in [0.3, 0.4) is 0 Å². The highest BCUT2D eigenvalue weighted by atomic mass is 16.6. The molecule has 0 unspecified atom stereocenters. The zero-order chi connectivity index (χ0) is 7.03. The molecular weight excluding hydrogens is 124 g/mol. The van der Waals surface area contributed by atoms with E-state index in [1.165, 1.54) is 38.5 Å². The molecule has 0 aromatic carbocycles. The van der Waals surface area contributed by atoms with E-state index in [1.807, 2.05) is 0 Å². The lowest BCUT2D eigenvalue weighted by molar-refractivity contribution is 0.257. The SMILES string of the molecule is CC[C@]12CCCCC[C@@H]1O2. The number of epoxide rings is 1. The Morgan fingerprint density at radius 1 is 1.40 bits per heavy atom. The minimum absolute atomic E-state index is 0.372. The number of hydrogen-bond acceptors (Lipinski definition) is 1. The summed E-state index contributed by atoms with van der Waals surface area (Å²) >= 11 is 0. The summed E-state index contributed by atoms with van der Waals surface area (Å²) in [5, 5.41) is 0. The monoisotopic (exact) mass is 140 g/mol. The fourth-order valence-electron chi connectivity index (χ4n) is 2.21. The second kappa shape index (κ2) is 2.23. The Morgan fingerprint density at radius 3 is 3.10 bits per heavy atom. The van der Waals surface area contributed by atoms with Crippen LogP contribution in [0.5, 0.6) is 0 Å². The maximum atomic E-state index is 5.69. The highest BCUT2D eigenvalue weighted by Gasteiger charge is 2.54. The van der Waals surface area contributed by atoms with Crippen LogP contribution in [0.1, 0.15) is 45.4 Å². The van der Waals surface area contributed by atoms with Gasteiger partial charge in [0.2, 0.25) is 0 Å². The minimum Gasteiger partial charge on any atom is -0.366 e. The quantitative estimate of drug-likeness (QED) is 0.510. The summed E-state index contributed by atoms with van der Waals surface area (Å²) in [6.07, 6.45) is 8.76. The van der Waals surface area contributed by atoms with Gasteiger partial charge in [-0.25, -0.2) is 0 Å². The lowest BCUT2D eigenvalue weighted by Gasteiger charge is -2.05. The van der Waals surface area contributed by atoms with E-state index in [9.17, 15) is 0 Å². The first kappa shape index (κ1) is 6.66. The van der Waals surface area contributed by atoms with Crippen LogP contribution in [-0.4, -0.2) is 11.7 Å². The second-order valence-electron chi connectivity index (χ2n) is 3.62. The van der Waals surface area contributed by atoms with Gasteiger partial charge in [0.05, 0.1) is 11.7 Å². The predicted octanol–water partition coefficient (Wildman–Crippen LogP) is 2.50. The average Bonchev–Trinajstić information content (AvgIpc) is 2.59. The van der Waals surface area contributed by atoms with Crippen molar-refractivity contribution in [3.05, 3.63) is 0 Å². The van der Waals surface area contributed by atoms with E-state index >= 15 is 0 Å². The Balaban J connectivity index is 1.99. The zero-order valence-electron chi connectivity index (χ0n) is 6.73. The topological polar surface area (TPSA) is 12.5 Å². The van der Waals surface area contributed by atoms with Crippen molar-refractivity contribution in [2.45, 2.75) is 57.2 Å². The third kappa shape index (κ3) is 0.878. The van der Waals surface area contributed by atoms with Gasteiger partial charge in [-0.2, -0.15) is 0 Å². The molecule has 10 heavy (non-hydrogen) atoms. The van der Waals surface area contributed by atoms with Crippen molar-refractivity contribution < 1.29 is 4.74 Å². The Hall–Kier alpha value is -0.0400. The first-order chi connectivity index (χ1) is 4.87. The Bertz CT molecular complexity index is 131. The summed E-state index contributed by atoms with van der Waals surface area (Å²) in [5.41, 5.74) is 0.372. The molecule has 1 aliphatic heterocycles. The number of ether oxygens (including phenoxy) is 1. The molecule has 58 valence electrons. The van der Waals surface area contributed by atoms with Gasteiger partial charge in [0.15, 0.2) is 0 Å². The molecule has 0 bridgehead atoms. The van der Waals surface area contributed by atoms with Crippen LogP contribution in [0, 0.1) is 0 Å². The molecule has 2 rings (SSSR count). The van der Waals surface area contributed by atoms with Gasteiger partial charge in [0.1, 0.15) is 0 Å². The summed E-state index contributed by atoms with van der Waals surface area (Å²) in [5.74, 6) is 0. The molecule has 0 N–H and O–H groups in total. The molecule has 0 aromatic rings. The molecule has 2 atom stereocenters. The van der Waals surface area contributed by atoms with Crippen molar-refractivity contribution in [1.29, 1.82) is 0 Å². The molecule has 1 saturated heterocycles. The molecule has 0 radical (unpaired) electrons. The van der Waals surface area contributed by atoms with Crippen molar-refractivity contribution in [1.82, 2.24) is 0 Å². The lowest BCUT2D eigenvalue weighted by Crippen LogP contribution is -2.11. The van der Waals surface area contributed by atoms with Crippen LogP contribution in [-0.2, 0) is 4.74 Å². The standard InChI is InChI=1S/C9H16O/c1-2-9-7-5-3-4-6-8(9)10-9/h8H,2-7H2,1H3/t8-,9-/m0/s1. The van der Waals surface area contributed by atoms with Gasteiger partial charge in [0, 0.05) is 0 Å². The van der Waals surface area contributed by atoms with Crippen LogP contribution < -0.4 is 0 Å². The Kier molecular flexibility index (Phi) is 1.48. The van der Waals surface area contributed by atoms with Crippen LogP contribution in [0.2, 0.25) is 0 Å². The second-order valence-corrected chi connectivity index (χ2v) is 3.62. The fourth-order valence-corrected chi connectivity index (χ4v) is 2.21. The van der Waals surface area contributed by atoms with Gasteiger partial charge in [-0.1, -0.05) is 26.2 Å². The molecule has 2 fully saturated rings. The largest absolute Gasteiger partial charge is 0.366 e. The van der Waals surface area contributed by atoms with Crippen LogP contribution in [0.25, 0.3) is 0 Å². The van der Waals surface area contributed by atoms with E-state index in [-0.39, 0.29) is 0 Å². The maximum absolute atomic E-state index is 5.69. The molecule has 0 aromatic heterocycles. The average molecular weight is 140 g/mol. The molecule has 1 saturated carbocycles. The summed E-state index contributed by atoms with van der Waals surface area (Å²) in [7, 11) is 0. The first-order valence-corrected chi connectivity index (χ1v) is 4.55. The zero-order valence-corrected chi connectivity index (χ0v) is 6.73. The molecule has 2 aliphatic rings. The number of hydrogen-bond donors (Lipinski definition) is 0. The third-order valence-electron chi connectivity index (χ3n) is 3.07. The number of rotatable bonds is 1. The summed E-state index contributed by atoms with van der Waals surface area (Å²) in [6, 6.07) is 0. The maximum Gasteiger partial charge on any atom is 0.0945 e. The predicted molar refractivity (Wildman–Crippen MR) is 41.0 cm³/mol. The Labute approximate surface area is 62.8 Å². The van der Waals surface area contributed by atoms with Crippen LogP contribution in [0.15, 0.2) is 0 Å². The Morgan fingerprint density at radius 2 is 2.30 bits per heavy atom. The molecule has 0 spiro atoms. The number of fused-ring (bicyclic) bond motifs is 1. The molecule has 1 heterocycles. The van der Waals surface area contributed by atoms with Gasteiger partial charge < -0.3 is 4.74 Å². The summed E-state index contributed by atoms with van der Waals surface area (Å²) in [4.78, 5) is 0. The van der Waals surface area contributed by atoms with E-state index in [0.29, 0.717) is 11.7 Å². The molecule has 1 aliphatic carbocycles. The van der Waals surface area contributed by atoms with Gasteiger partial charge >= 0.3 is 0 Å².